The summed E-state index contributed by atoms with van der Waals surface area (Å²) in [6, 6.07) is 5.18. The van der Waals surface area contributed by atoms with Gasteiger partial charge in [0.15, 0.2) is 0 Å². The number of phenolic OH excluding ortho intramolecular Hbond substituents is 1. The molecular weight excluding hydrogens is 370 g/mol. The number of aromatic hydroxyl groups is 1. The highest BCUT2D eigenvalue weighted by molar-refractivity contribution is 6.32. The highest BCUT2D eigenvalue weighted by Crippen LogP contribution is 2.33. The summed E-state index contributed by atoms with van der Waals surface area (Å²) in [6.07, 6.45) is -3.40. The summed E-state index contributed by atoms with van der Waals surface area (Å²) in [5, 5.41) is 9.24. The number of hydrogen-bond acceptors (Lipinski definition) is 4. The van der Waals surface area contributed by atoms with Crippen LogP contribution in [0.1, 0.15) is 12.0 Å². The number of aromatic nitrogens is 1. The van der Waals surface area contributed by atoms with Gasteiger partial charge >= 0.3 is 6.18 Å². The number of pyridine rings is 1. The van der Waals surface area contributed by atoms with Crippen LogP contribution < -0.4 is 9.47 Å². The monoisotopic (exact) mass is 381 g/mol. The highest BCUT2D eigenvalue weighted by Gasteiger charge is 2.31. The minimum Gasteiger partial charge on any atom is -0.506 e. The van der Waals surface area contributed by atoms with Crippen LogP contribution in [-0.2, 0) is 6.18 Å². The number of halogens is 5. The fourth-order valence-electron chi connectivity index (χ4n) is 1.68. The summed E-state index contributed by atoms with van der Waals surface area (Å²) in [5.74, 6) is 0.358. The Morgan fingerprint density at radius 2 is 1.75 bits per heavy atom. The quantitative estimate of drug-likeness (QED) is 0.718. The molecule has 9 heteroatoms. The van der Waals surface area contributed by atoms with Crippen molar-refractivity contribution in [1.29, 1.82) is 0 Å². The van der Waals surface area contributed by atoms with Crippen LogP contribution in [-0.4, -0.2) is 23.3 Å². The molecule has 0 saturated carbocycles. The molecule has 0 saturated heterocycles. The maximum Gasteiger partial charge on any atom is 0.417 e. The Hall–Kier alpha value is -1.86. The second kappa shape index (κ2) is 7.81. The summed E-state index contributed by atoms with van der Waals surface area (Å²) < 4.78 is 48.1. The zero-order chi connectivity index (χ0) is 17.7. The van der Waals surface area contributed by atoms with Gasteiger partial charge < -0.3 is 14.6 Å². The van der Waals surface area contributed by atoms with Gasteiger partial charge in [-0.2, -0.15) is 13.2 Å². The maximum atomic E-state index is 12.5. The van der Waals surface area contributed by atoms with Crippen molar-refractivity contribution in [2.45, 2.75) is 12.6 Å². The maximum absolute atomic E-state index is 12.5. The molecule has 0 atom stereocenters. The topological polar surface area (TPSA) is 51.6 Å². The van der Waals surface area contributed by atoms with E-state index >= 15 is 0 Å². The van der Waals surface area contributed by atoms with Crippen molar-refractivity contribution in [2.24, 2.45) is 0 Å². The van der Waals surface area contributed by atoms with Crippen molar-refractivity contribution in [3.05, 3.63) is 46.1 Å². The molecule has 1 aromatic heterocycles. The summed E-state index contributed by atoms with van der Waals surface area (Å²) in [5.41, 5.74) is -0.938. The van der Waals surface area contributed by atoms with E-state index in [1.54, 1.807) is 6.07 Å². The first-order chi connectivity index (χ1) is 11.3. The number of ether oxygens (including phenoxy) is 2. The molecule has 1 aromatic carbocycles. The van der Waals surface area contributed by atoms with E-state index in [0.717, 1.165) is 6.07 Å². The number of nitrogens with zero attached hydrogens (tertiary/aromatic N) is 1. The van der Waals surface area contributed by atoms with E-state index in [9.17, 15) is 18.3 Å². The fourth-order valence-corrected chi connectivity index (χ4v) is 2.07. The fraction of sp³-hybridized carbons (Fsp3) is 0.267. The van der Waals surface area contributed by atoms with Gasteiger partial charge in [0.05, 0.1) is 23.8 Å². The molecule has 0 amide bonds. The minimum absolute atomic E-state index is 0.0460. The van der Waals surface area contributed by atoms with E-state index in [4.69, 9.17) is 32.7 Å². The molecule has 24 heavy (non-hydrogen) atoms. The predicted octanol–water partition coefficient (Wildman–Crippen LogP) is 4.96. The van der Waals surface area contributed by atoms with Gasteiger partial charge in [0.2, 0.25) is 5.88 Å². The molecule has 0 radical (unpaired) electrons. The summed E-state index contributed by atoms with van der Waals surface area (Å²) in [4.78, 5) is 3.56. The van der Waals surface area contributed by atoms with Crippen LogP contribution in [0.2, 0.25) is 10.0 Å². The Balaban J connectivity index is 1.79. The van der Waals surface area contributed by atoms with E-state index in [0.29, 0.717) is 18.4 Å². The zero-order valence-corrected chi connectivity index (χ0v) is 13.6. The minimum atomic E-state index is -4.51. The molecule has 0 aliphatic rings. The summed E-state index contributed by atoms with van der Waals surface area (Å²) in [7, 11) is 0. The van der Waals surface area contributed by atoms with Crippen molar-refractivity contribution >= 4 is 23.2 Å². The van der Waals surface area contributed by atoms with E-state index < -0.39 is 11.7 Å². The Morgan fingerprint density at radius 3 is 2.38 bits per heavy atom. The van der Waals surface area contributed by atoms with Gasteiger partial charge in [-0.15, -0.1) is 0 Å². The third-order valence-corrected chi connectivity index (χ3v) is 3.42. The normalized spacial score (nSPS) is 11.4. The van der Waals surface area contributed by atoms with Gasteiger partial charge in [-0.25, -0.2) is 4.98 Å². The Bertz CT molecular complexity index is 711. The first kappa shape index (κ1) is 18.5. The average Bonchev–Trinajstić information content (AvgIpc) is 2.50. The van der Waals surface area contributed by atoms with Crippen LogP contribution in [0.3, 0.4) is 0 Å². The standard InChI is InChI=1S/C15H12Cl2F3NO3/c16-11-7-10(2-3-13(11)22)23-4-1-5-24-14-12(17)6-9(8-21-14)15(18,19)20/h2-3,6-8,22H,1,4-5H2. The third kappa shape index (κ3) is 5.07. The first-order valence-electron chi connectivity index (χ1n) is 6.74. The molecule has 130 valence electrons. The lowest BCUT2D eigenvalue weighted by molar-refractivity contribution is -0.137. The Morgan fingerprint density at radius 1 is 1.04 bits per heavy atom. The molecule has 2 rings (SSSR count). The van der Waals surface area contributed by atoms with Crippen molar-refractivity contribution < 1.29 is 27.8 Å². The smallest absolute Gasteiger partial charge is 0.417 e. The van der Waals surface area contributed by atoms with E-state index in [1.807, 2.05) is 0 Å². The van der Waals surface area contributed by atoms with Gasteiger partial charge in [-0.05, 0) is 18.2 Å². The Labute approximate surface area is 145 Å². The molecule has 0 unspecified atom stereocenters. The second-order valence-corrected chi connectivity index (χ2v) is 5.49. The molecule has 1 N–H and O–H groups in total. The van der Waals surface area contributed by atoms with E-state index in [-0.39, 0.29) is 34.9 Å². The molecule has 0 fully saturated rings. The first-order valence-corrected chi connectivity index (χ1v) is 7.50. The van der Waals surface area contributed by atoms with E-state index in [2.05, 4.69) is 4.98 Å². The van der Waals surface area contributed by atoms with Crippen LogP contribution in [0.4, 0.5) is 13.2 Å². The molecule has 2 aromatic rings. The number of hydrogen-bond donors (Lipinski definition) is 1. The Kier molecular flexibility index (Phi) is 6.01. The summed E-state index contributed by atoms with van der Waals surface area (Å²) >= 11 is 11.5. The van der Waals surface area contributed by atoms with Gasteiger partial charge in [0.25, 0.3) is 0 Å². The second-order valence-electron chi connectivity index (χ2n) is 4.67. The molecule has 0 aliphatic carbocycles. The van der Waals surface area contributed by atoms with Crippen molar-refractivity contribution in [1.82, 2.24) is 4.98 Å². The van der Waals surface area contributed by atoms with Gasteiger partial charge in [0.1, 0.15) is 16.5 Å². The molecular formula is C15H12Cl2F3NO3. The summed E-state index contributed by atoms with van der Waals surface area (Å²) in [6.45, 7) is 0.434. The highest BCUT2D eigenvalue weighted by atomic mass is 35.5. The number of alkyl halides is 3. The molecule has 0 bridgehead atoms. The van der Waals surface area contributed by atoms with Gasteiger partial charge in [0, 0.05) is 18.7 Å². The lowest BCUT2D eigenvalue weighted by Crippen LogP contribution is -2.08. The van der Waals surface area contributed by atoms with Gasteiger partial charge in [-0.1, -0.05) is 23.2 Å². The van der Waals surface area contributed by atoms with Gasteiger partial charge in [-0.3, -0.25) is 0 Å². The van der Waals surface area contributed by atoms with Crippen LogP contribution in [0, 0.1) is 0 Å². The molecule has 0 spiro atoms. The van der Waals surface area contributed by atoms with Crippen LogP contribution in [0.5, 0.6) is 17.4 Å². The van der Waals surface area contributed by atoms with Crippen LogP contribution in [0.15, 0.2) is 30.5 Å². The molecule has 4 nitrogen and oxygen atoms in total. The lowest BCUT2D eigenvalue weighted by Gasteiger charge is -2.11. The predicted molar refractivity (Wildman–Crippen MR) is 83.0 cm³/mol. The van der Waals surface area contributed by atoms with Crippen molar-refractivity contribution in [3.63, 3.8) is 0 Å². The zero-order valence-electron chi connectivity index (χ0n) is 12.1. The third-order valence-electron chi connectivity index (χ3n) is 2.85. The van der Waals surface area contributed by atoms with Crippen LogP contribution in [0.25, 0.3) is 0 Å². The van der Waals surface area contributed by atoms with Crippen molar-refractivity contribution in [3.8, 4) is 17.4 Å². The number of rotatable bonds is 6. The largest absolute Gasteiger partial charge is 0.506 e. The average molecular weight is 382 g/mol. The lowest BCUT2D eigenvalue weighted by atomic mass is 10.3. The van der Waals surface area contributed by atoms with E-state index in [1.165, 1.54) is 12.1 Å². The SMILES string of the molecule is Oc1ccc(OCCCOc2ncc(C(F)(F)F)cc2Cl)cc1Cl. The molecule has 1 heterocycles. The van der Waals surface area contributed by atoms with Crippen LogP contribution >= 0.6 is 23.2 Å². The molecule has 0 aliphatic heterocycles. The van der Waals surface area contributed by atoms with Crippen molar-refractivity contribution in [2.75, 3.05) is 13.2 Å². The number of phenols is 1. The number of benzene rings is 1.